The van der Waals surface area contributed by atoms with Crippen molar-refractivity contribution in [2.24, 2.45) is 0 Å². The van der Waals surface area contributed by atoms with Gasteiger partial charge in [0.15, 0.2) is 11.5 Å². The molecule has 110 valence electrons. The SMILES string of the molecule is COc1cc(CCC(=O)O)cc(Cl)c1OC1CCCC1. The Balaban J connectivity index is 2.16. The van der Waals surface area contributed by atoms with Gasteiger partial charge in [-0.05, 0) is 49.8 Å². The van der Waals surface area contributed by atoms with Crippen molar-refractivity contribution in [2.75, 3.05) is 7.11 Å². The molecule has 0 amide bonds. The molecule has 0 aliphatic heterocycles. The van der Waals surface area contributed by atoms with Crippen molar-refractivity contribution < 1.29 is 19.4 Å². The molecule has 20 heavy (non-hydrogen) atoms. The molecule has 0 aromatic heterocycles. The summed E-state index contributed by atoms with van der Waals surface area (Å²) in [4.78, 5) is 10.6. The van der Waals surface area contributed by atoms with E-state index < -0.39 is 5.97 Å². The maximum absolute atomic E-state index is 10.6. The lowest BCUT2D eigenvalue weighted by Gasteiger charge is -2.18. The first-order chi connectivity index (χ1) is 9.60. The molecule has 1 N–H and O–H groups in total. The molecule has 0 saturated heterocycles. The third-order valence-corrected chi connectivity index (χ3v) is 3.78. The number of ether oxygens (including phenoxy) is 2. The monoisotopic (exact) mass is 298 g/mol. The summed E-state index contributed by atoms with van der Waals surface area (Å²) in [7, 11) is 1.56. The van der Waals surface area contributed by atoms with Crippen LogP contribution in [0.3, 0.4) is 0 Å². The van der Waals surface area contributed by atoms with Crippen LogP contribution in [-0.4, -0.2) is 24.3 Å². The maximum atomic E-state index is 10.6. The second kappa shape index (κ2) is 6.84. The Morgan fingerprint density at radius 3 is 2.70 bits per heavy atom. The van der Waals surface area contributed by atoms with Crippen molar-refractivity contribution >= 4 is 17.6 Å². The third kappa shape index (κ3) is 3.79. The number of carbonyl (C=O) groups is 1. The van der Waals surface area contributed by atoms with Crippen LogP contribution in [0.25, 0.3) is 0 Å². The zero-order valence-electron chi connectivity index (χ0n) is 11.5. The van der Waals surface area contributed by atoms with E-state index in [9.17, 15) is 4.79 Å². The molecule has 1 saturated carbocycles. The maximum Gasteiger partial charge on any atom is 0.303 e. The van der Waals surface area contributed by atoms with Gasteiger partial charge in [-0.25, -0.2) is 0 Å². The predicted molar refractivity (Wildman–Crippen MR) is 76.8 cm³/mol. The highest BCUT2D eigenvalue weighted by Crippen LogP contribution is 2.39. The lowest BCUT2D eigenvalue weighted by atomic mass is 10.1. The standard InChI is InChI=1S/C15H19ClO4/c1-19-13-9-10(6-7-14(17)18)8-12(16)15(13)20-11-4-2-3-5-11/h8-9,11H,2-7H2,1H3,(H,17,18). The first-order valence-corrected chi connectivity index (χ1v) is 7.23. The summed E-state index contributed by atoms with van der Waals surface area (Å²) in [5.74, 6) is 0.316. The molecule has 1 fully saturated rings. The van der Waals surface area contributed by atoms with E-state index in [1.165, 1.54) is 12.8 Å². The molecule has 1 aromatic carbocycles. The minimum Gasteiger partial charge on any atom is -0.493 e. The summed E-state index contributed by atoms with van der Waals surface area (Å²) < 4.78 is 11.3. The highest BCUT2D eigenvalue weighted by atomic mass is 35.5. The number of benzene rings is 1. The van der Waals surface area contributed by atoms with Crippen molar-refractivity contribution in [3.05, 3.63) is 22.7 Å². The zero-order valence-corrected chi connectivity index (χ0v) is 12.3. The molecule has 0 unspecified atom stereocenters. The molecule has 1 aromatic rings. The van der Waals surface area contributed by atoms with Crippen molar-refractivity contribution in [3.8, 4) is 11.5 Å². The van der Waals surface area contributed by atoms with Crippen LogP contribution < -0.4 is 9.47 Å². The molecule has 4 nitrogen and oxygen atoms in total. The fraction of sp³-hybridized carbons (Fsp3) is 0.533. The smallest absolute Gasteiger partial charge is 0.303 e. The molecule has 0 atom stereocenters. The van der Waals surface area contributed by atoms with Crippen LogP contribution in [0.15, 0.2) is 12.1 Å². The quantitative estimate of drug-likeness (QED) is 0.870. The van der Waals surface area contributed by atoms with E-state index in [0.29, 0.717) is 22.9 Å². The van der Waals surface area contributed by atoms with E-state index in [0.717, 1.165) is 18.4 Å². The molecule has 2 rings (SSSR count). The lowest BCUT2D eigenvalue weighted by molar-refractivity contribution is -0.136. The summed E-state index contributed by atoms with van der Waals surface area (Å²) in [6.45, 7) is 0. The van der Waals surface area contributed by atoms with E-state index in [4.69, 9.17) is 26.2 Å². The Morgan fingerprint density at radius 1 is 1.40 bits per heavy atom. The number of halogens is 1. The Kier molecular flexibility index (Phi) is 5.12. The summed E-state index contributed by atoms with van der Waals surface area (Å²) >= 11 is 6.25. The van der Waals surface area contributed by atoms with Gasteiger partial charge in [0.25, 0.3) is 0 Å². The molecule has 1 aliphatic carbocycles. The minimum absolute atomic E-state index is 0.0717. The zero-order chi connectivity index (χ0) is 14.5. The van der Waals surface area contributed by atoms with Crippen molar-refractivity contribution in [1.29, 1.82) is 0 Å². The van der Waals surface area contributed by atoms with E-state index >= 15 is 0 Å². The van der Waals surface area contributed by atoms with Crippen LogP contribution in [-0.2, 0) is 11.2 Å². The average Bonchev–Trinajstić information content (AvgIpc) is 2.91. The Morgan fingerprint density at radius 2 is 2.10 bits per heavy atom. The van der Waals surface area contributed by atoms with Gasteiger partial charge in [0, 0.05) is 6.42 Å². The first-order valence-electron chi connectivity index (χ1n) is 6.85. The van der Waals surface area contributed by atoms with Crippen LogP contribution in [0.2, 0.25) is 5.02 Å². The molecule has 5 heteroatoms. The number of hydrogen-bond donors (Lipinski definition) is 1. The number of rotatable bonds is 6. The third-order valence-electron chi connectivity index (χ3n) is 3.50. The summed E-state index contributed by atoms with van der Waals surface area (Å²) in [5, 5.41) is 9.21. The van der Waals surface area contributed by atoms with Gasteiger partial charge in [-0.3, -0.25) is 4.79 Å². The van der Waals surface area contributed by atoms with E-state index in [1.54, 1.807) is 19.2 Å². The van der Waals surface area contributed by atoms with Gasteiger partial charge in [0.05, 0.1) is 18.2 Å². The normalized spacial score (nSPS) is 15.3. The number of carboxylic acid groups (broad SMARTS) is 1. The molecule has 0 spiro atoms. The number of aliphatic carboxylic acids is 1. The largest absolute Gasteiger partial charge is 0.493 e. The van der Waals surface area contributed by atoms with Gasteiger partial charge in [0.2, 0.25) is 0 Å². The van der Waals surface area contributed by atoms with Gasteiger partial charge in [0.1, 0.15) is 0 Å². The highest BCUT2D eigenvalue weighted by Gasteiger charge is 2.21. The number of aryl methyl sites for hydroxylation is 1. The molecule has 0 bridgehead atoms. The van der Waals surface area contributed by atoms with Gasteiger partial charge >= 0.3 is 5.97 Å². The minimum atomic E-state index is -0.827. The van der Waals surface area contributed by atoms with Crippen LogP contribution in [0.4, 0.5) is 0 Å². The first kappa shape index (κ1) is 15.0. The second-order valence-electron chi connectivity index (χ2n) is 5.03. The molecule has 0 heterocycles. The number of methoxy groups -OCH3 is 1. The summed E-state index contributed by atoms with van der Waals surface area (Å²) in [5.41, 5.74) is 0.841. The van der Waals surface area contributed by atoms with Crippen molar-refractivity contribution in [1.82, 2.24) is 0 Å². The number of carboxylic acids is 1. The van der Waals surface area contributed by atoms with Gasteiger partial charge in [-0.2, -0.15) is 0 Å². The van der Waals surface area contributed by atoms with E-state index in [1.807, 2.05) is 0 Å². The summed E-state index contributed by atoms with van der Waals surface area (Å²) in [6.07, 6.45) is 5.15. The predicted octanol–water partition coefficient (Wildman–Crippen LogP) is 3.69. The lowest BCUT2D eigenvalue weighted by Crippen LogP contribution is -2.12. The van der Waals surface area contributed by atoms with Gasteiger partial charge in [-0.15, -0.1) is 0 Å². The highest BCUT2D eigenvalue weighted by molar-refractivity contribution is 6.32. The molecular formula is C15H19ClO4. The van der Waals surface area contributed by atoms with Crippen molar-refractivity contribution in [2.45, 2.75) is 44.6 Å². The Bertz CT molecular complexity index is 481. The Labute approximate surface area is 123 Å². The van der Waals surface area contributed by atoms with Crippen LogP contribution in [0.5, 0.6) is 11.5 Å². The van der Waals surface area contributed by atoms with Gasteiger partial charge in [-0.1, -0.05) is 11.6 Å². The molecular weight excluding hydrogens is 280 g/mol. The average molecular weight is 299 g/mol. The van der Waals surface area contributed by atoms with Gasteiger partial charge < -0.3 is 14.6 Å². The fourth-order valence-corrected chi connectivity index (χ4v) is 2.73. The Hall–Kier alpha value is -1.42. The number of hydrogen-bond acceptors (Lipinski definition) is 3. The van der Waals surface area contributed by atoms with Crippen LogP contribution >= 0.6 is 11.6 Å². The molecule has 1 aliphatic rings. The van der Waals surface area contributed by atoms with E-state index in [2.05, 4.69) is 0 Å². The second-order valence-corrected chi connectivity index (χ2v) is 5.43. The van der Waals surface area contributed by atoms with Crippen LogP contribution in [0.1, 0.15) is 37.7 Å². The van der Waals surface area contributed by atoms with Crippen LogP contribution in [0, 0.1) is 0 Å². The fourth-order valence-electron chi connectivity index (χ4n) is 2.46. The summed E-state index contributed by atoms with van der Waals surface area (Å²) in [6, 6.07) is 3.57. The molecule has 0 radical (unpaired) electrons. The van der Waals surface area contributed by atoms with E-state index in [-0.39, 0.29) is 12.5 Å². The van der Waals surface area contributed by atoms with Crippen molar-refractivity contribution in [3.63, 3.8) is 0 Å². The topological polar surface area (TPSA) is 55.8 Å².